The standard InChI is InChI=1S/C14H19N3O4/c1-3-7-21-14(20)16-6-4-5-11(9-16)17-8-10(2)12(15-17)13(18)19/h3,8,11H,1,4-7,9H2,2H3,(H,18,19). The molecular formula is C14H19N3O4. The van der Waals surface area contributed by atoms with E-state index in [2.05, 4.69) is 11.7 Å². The lowest BCUT2D eigenvalue weighted by Gasteiger charge is -2.32. The highest BCUT2D eigenvalue weighted by Gasteiger charge is 2.27. The van der Waals surface area contributed by atoms with Crippen LogP contribution in [0.2, 0.25) is 0 Å². The minimum absolute atomic E-state index is 0.0261. The van der Waals surface area contributed by atoms with Gasteiger partial charge in [0.1, 0.15) is 6.61 Å². The molecule has 1 atom stereocenters. The molecule has 0 aromatic carbocycles. The second-order valence-corrected chi connectivity index (χ2v) is 5.05. The second-order valence-electron chi connectivity index (χ2n) is 5.05. The Hall–Kier alpha value is -2.31. The Morgan fingerprint density at radius 2 is 2.38 bits per heavy atom. The van der Waals surface area contributed by atoms with Crippen LogP contribution in [0.4, 0.5) is 4.79 Å². The van der Waals surface area contributed by atoms with E-state index in [1.807, 2.05) is 0 Å². The average molecular weight is 293 g/mol. The fourth-order valence-corrected chi connectivity index (χ4v) is 2.44. The number of aromatic carboxylic acids is 1. The van der Waals surface area contributed by atoms with Gasteiger partial charge in [-0.15, -0.1) is 0 Å². The van der Waals surface area contributed by atoms with Crippen LogP contribution in [-0.4, -0.2) is 51.5 Å². The highest BCUT2D eigenvalue weighted by atomic mass is 16.6. The van der Waals surface area contributed by atoms with Crippen molar-refractivity contribution < 1.29 is 19.4 Å². The van der Waals surface area contributed by atoms with Crippen LogP contribution in [-0.2, 0) is 4.74 Å². The predicted molar refractivity (Wildman–Crippen MR) is 75.3 cm³/mol. The van der Waals surface area contributed by atoms with Gasteiger partial charge < -0.3 is 14.7 Å². The highest BCUT2D eigenvalue weighted by molar-refractivity contribution is 5.86. The first-order chi connectivity index (χ1) is 10.0. The number of nitrogens with zero attached hydrogens (tertiary/aromatic N) is 3. The summed E-state index contributed by atoms with van der Waals surface area (Å²) in [4.78, 5) is 24.5. The first-order valence-corrected chi connectivity index (χ1v) is 6.84. The van der Waals surface area contributed by atoms with Crippen molar-refractivity contribution in [1.29, 1.82) is 0 Å². The molecule has 0 saturated carbocycles. The summed E-state index contributed by atoms with van der Waals surface area (Å²) in [5, 5.41) is 13.2. The molecule has 0 radical (unpaired) electrons. The van der Waals surface area contributed by atoms with Gasteiger partial charge in [-0.05, 0) is 19.8 Å². The van der Waals surface area contributed by atoms with Crippen LogP contribution in [0, 0.1) is 6.92 Å². The van der Waals surface area contributed by atoms with Gasteiger partial charge in [0.25, 0.3) is 0 Å². The van der Waals surface area contributed by atoms with Crippen molar-refractivity contribution >= 4 is 12.1 Å². The number of rotatable bonds is 4. The number of aryl methyl sites for hydroxylation is 1. The molecule has 1 aliphatic heterocycles. The van der Waals surface area contributed by atoms with Crippen LogP contribution in [0.3, 0.4) is 0 Å². The van der Waals surface area contributed by atoms with Gasteiger partial charge in [-0.25, -0.2) is 9.59 Å². The number of carbonyl (C=O) groups is 2. The van der Waals surface area contributed by atoms with Crippen molar-refractivity contribution in [1.82, 2.24) is 14.7 Å². The molecule has 21 heavy (non-hydrogen) atoms. The van der Waals surface area contributed by atoms with Crippen LogP contribution in [0.5, 0.6) is 0 Å². The van der Waals surface area contributed by atoms with Gasteiger partial charge in [-0.1, -0.05) is 12.7 Å². The molecule has 1 saturated heterocycles. The Kier molecular flexibility index (Phi) is 4.62. The number of carboxylic acids is 1. The monoisotopic (exact) mass is 293 g/mol. The average Bonchev–Trinajstić information content (AvgIpc) is 2.87. The SMILES string of the molecule is C=CCOC(=O)N1CCCC(n2cc(C)c(C(=O)O)n2)C1. The van der Waals surface area contributed by atoms with Crippen LogP contribution in [0.15, 0.2) is 18.9 Å². The van der Waals surface area contributed by atoms with Gasteiger partial charge >= 0.3 is 12.1 Å². The van der Waals surface area contributed by atoms with E-state index in [9.17, 15) is 9.59 Å². The van der Waals surface area contributed by atoms with E-state index in [-0.39, 0.29) is 24.4 Å². The summed E-state index contributed by atoms with van der Waals surface area (Å²) >= 11 is 0. The molecule has 1 aromatic rings. The number of hydrogen-bond acceptors (Lipinski definition) is 4. The lowest BCUT2D eigenvalue weighted by atomic mass is 10.1. The van der Waals surface area contributed by atoms with Gasteiger partial charge in [0.05, 0.1) is 6.04 Å². The number of likely N-dealkylation sites (tertiary alicyclic amines) is 1. The fraction of sp³-hybridized carbons (Fsp3) is 0.500. The van der Waals surface area contributed by atoms with E-state index in [0.29, 0.717) is 18.7 Å². The Bertz CT molecular complexity index is 552. The lowest BCUT2D eigenvalue weighted by molar-refractivity contribution is 0.0685. The zero-order valence-corrected chi connectivity index (χ0v) is 12.0. The van der Waals surface area contributed by atoms with Crippen molar-refractivity contribution in [2.24, 2.45) is 0 Å². The minimum atomic E-state index is -1.04. The van der Waals surface area contributed by atoms with Crippen molar-refractivity contribution in [3.05, 3.63) is 30.1 Å². The third kappa shape index (κ3) is 3.42. The second kappa shape index (κ2) is 6.43. The van der Waals surface area contributed by atoms with Gasteiger partial charge in [-0.3, -0.25) is 4.68 Å². The molecule has 0 bridgehead atoms. The number of amides is 1. The van der Waals surface area contributed by atoms with Crippen LogP contribution >= 0.6 is 0 Å². The summed E-state index contributed by atoms with van der Waals surface area (Å²) in [6.07, 6.45) is 4.55. The first kappa shape index (κ1) is 15.1. The Morgan fingerprint density at radius 3 is 3.00 bits per heavy atom. The maximum Gasteiger partial charge on any atom is 0.410 e. The third-order valence-corrected chi connectivity index (χ3v) is 3.47. The number of carbonyl (C=O) groups excluding carboxylic acids is 1. The summed E-state index contributed by atoms with van der Waals surface area (Å²) in [6.45, 7) is 6.51. The number of ether oxygens (including phenoxy) is 1. The van der Waals surface area contributed by atoms with Gasteiger partial charge in [0.2, 0.25) is 0 Å². The molecule has 2 rings (SSSR count). The lowest BCUT2D eigenvalue weighted by Crippen LogP contribution is -2.41. The van der Waals surface area contributed by atoms with E-state index in [0.717, 1.165) is 12.8 Å². The summed E-state index contributed by atoms with van der Waals surface area (Å²) < 4.78 is 6.67. The fourth-order valence-electron chi connectivity index (χ4n) is 2.44. The summed E-state index contributed by atoms with van der Waals surface area (Å²) in [7, 11) is 0. The first-order valence-electron chi connectivity index (χ1n) is 6.84. The quantitative estimate of drug-likeness (QED) is 0.856. The van der Waals surface area contributed by atoms with E-state index in [4.69, 9.17) is 9.84 Å². The Balaban J connectivity index is 2.07. The molecule has 1 amide bonds. The predicted octanol–water partition coefficient (Wildman–Crippen LogP) is 1.85. The summed E-state index contributed by atoms with van der Waals surface area (Å²) in [6, 6.07) is -0.0261. The van der Waals surface area contributed by atoms with Crippen LogP contribution in [0.25, 0.3) is 0 Å². The van der Waals surface area contributed by atoms with Crippen molar-refractivity contribution in [3.8, 4) is 0 Å². The highest BCUT2D eigenvalue weighted by Crippen LogP contribution is 2.22. The Labute approximate surface area is 122 Å². The number of aromatic nitrogens is 2. The molecule has 7 nitrogen and oxygen atoms in total. The Morgan fingerprint density at radius 1 is 1.62 bits per heavy atom. The molecule has 1 aromatic heterocycles. The van der Waals surface area contributed by atoms with Gasteiger partial charge in [-0.2, -0.15) is 5.10 Å². The molecule has 0 spiro atoms. The number of piperidine rings is 1. The maximum absolute atomic E-state index is 11.8. The topological polar surface area (TPSA) is 84.7 Å². The van der Waals surface area contributed by atoms with Crippen LogP contribution < -0.4 is 0 Å². The molecule has 114 valence electrons. The van der Waals surface area contributed by atoms with E-state index in [1.165, 1.54) is 6.08 Å². The van der Waals surface area contributed by atoms with Crippen LogP contribution in [0.1, 0.15) is 34.9 Å². The molecule has 2 heterocycles. The maximum atomic E-state index is 11.8. The van der Waals surface area contributed by atoms with Crippen molar-refractivity contribution in [2.75, 3.05) is 19.7 Å². The zero-order valence-electron chi connectivity index (χ0n) is 12.0. The van der Waals surface area contributed by atoms with E-state index >= 15 is 0 Å². The largest absolute Gasteiger partial charge is 0.476 e. The molecule has 1 aliphatic rings. The molecule has 1 N–H and O–H groups in total. The molecular weight excluding hydrogens is 274 g/mol. The number of carboxylic acid groups (broad SMARTS) is 1. The third-order valence-electron chi connectivity index (χ3n) is 3.47. The summed E-state index contributed by atoms with van der Waals surface area (Å²) in [5.41, 5.74) is 0.676. The van der Waals surface area contributed by atoms with E-state index < -0.39 is 5.97 Å². The number of hydrogen-bond donors (Lipinski definition) is 1. The van der Waals surface area contributed by atoms with Gasteiger partial charge in [0.15, 0.2) is 5.69 Å². The molecule has 0 aliphatic carbocycles. The normalized spacial score (nSPS) is 18.3. The molecule has 1 unspecified atom stereocenters. The smallest absolute Gasteiger partial charge is 0.410 e. The van der Waals surface area contributed by atoms with Crippen molar-refractivity contribution in [2.45, 2.75) is 25.8 Å². The summed E-state index contributed by atoms with van der Waals surface area (Å²) in [5.74, 6) is -1.04. The van der Waals surface area contributed by atoms with Crippen molar-refractivity contribution in [3.63, 3.8) is 0 Å². The molecule has 1 fully saturated rings. The van der Waals surface area contributed by atoms with E-state index in [1.54, 1.807) is 22.7 Å². The zero-order chi connectivity index (χ0) is 15.4. The minimum Gasteiger partial charge on any atom is -0.476 e. The van der Waals surface area contributed by atoms with Gasteiger partial charge in [0, 0.05) is 24.8 Å². The molecule has 7 heteroatoms.